The molecule has 1 heterocycles. The highest BCUT2D eigenvalue weighted by Crippen LogP contribution is 2.23. The van der Waals surface area contributed by atoms with Gasteiger partial charge >= 0.3 is 0 Å². The predicted molar refractivity (Wildman–Crippen MR) is 77.9 cm³/mol. The van der Waals surface area contributed by atoms with Crippen LogP contribution in [0.4, 0.5) is 0 Å². The number of nitrogens with zero attached hydrogens (tertiary/aromatic N) is 1. The van der Waals surface area contributed by atoms with Gasteiger partial charge in [-0.15, -0.1) is 11.8 Å². The van der Waals surface area contributed by atoms with E-state index in [9.17, 15) is 0 Å². The molecule has 0 aliphatic rings. The summed E-state index contributed by atoms with van der Waals surface area (Å²) in [5.74, 6) is 0.882. The Bertz CT molecular complexity index is 511. The van der Waals surface area contributed by atoms with Gasteiger partial charge in [-0.1, -0.05) is 23.7 Å². The average Bonchev–Trinajstić information content (AvgIpc) is 2.38. The van der Waals surface area contributed by atoms with Crippen molar-refractivity contribution in [2.45, 2.75) is 23.7 Å². The first-order valence-electron chi connectivity index (χ1n) is 5.74. The molecule has 0 aliphatic heterocycles. The summed E-state index contributed by atoms with van der Waals surface area (Å²) >= 11 is 7.55. The molecule has 0 aliphatic carbocycles. The van der Waals surface area contributed by atoms with E-state index in [0.29, 0.717) is 0 Å². The fourth-order valence-corrected chi connectivity index (χ4v) is 2.51. The Hall–Kier alpha value is -1.03. The van der Waals surface area contributed by atoms with E-state index in [-0.39, 0.29) is 6.04 Å². The molecule has 18 heavy (non-hydrogen) atoms. The van der Waals surface area contributed by atoms with Gasteiger partial charge in [-0.25, -0.2) is 4.98 Å². The molecule has 0 saturated heterocycles. The van der Waals surface area contributed by atoms with Crippen molar-refractivity contribution in [3.63, 3.8) is 0 Å². The van der Waals surface area contributed by atoms with Crippen LogP contribution in [0.15, 0.2) is 47.6 Å². The molecule has 1 aromatic heterocycles. The third kappa shape index (κ3) is 3.73. The average molecular weight is 279 g/mol. The van der Waals surface area contributed by atoms with Gasteiger partial charge in [-0.2, -0.15) is 0 Å². The molecular weight excluding hydrogens is 264 g/mol. The molecule has 2 aromatic rings. The van der Waals surface area contributed by atoms with Gasteiger partial charge in [-0.05, 0) is 42.3 Å². The molecular formula is C14H15ClN2S. The van der Waals surface area contributed by atoms with Crippen LogP contribution in [-0.4, -0.2) is 4.98 Å². The van der Waals surface area contributed by atoms with Gasteiger partial charge in [0.05, 0.1) is 5.03 Å². The Labute approximate surface area is 117 Å². The van der Waals surface area contributed by atoms with Crippen molar-refractivity contribution in [1.82, 2.24) is 4.98 Å². The minimum absolute atomic E-state index is 0.0443. The number of rotatable bonds is 4. The minimum atomic E-state index is 0.0443. The zero-order valence-corrected chi connectivity index (χ0v) is 11.7. The Morgan fingerprint density at radius 3 is 2.67 bits per heavy atom. The normalized spacial score (nSPS) is 12.4. The first-order valence-corrected chi connectivity index (χ1v) is 7.10. The molecule has 0 saturated carbocycles. The SMILES string of the molecule is C[C@H](N)c1ccnc(SCc2ccc(Cl)cc2)c1. The van der Waals surface area contributed by atoms with E-state index >= 15 is 0 Å². The Kier molecular flexibility index (Phi) is 4.64. The van der Waals surface area contributed by atoms with Gasteiger partial charge in [0.25, 0.3) is 0 Å². The molecule has 0 radical (unpaired) electrons. The second kappa shape index (κ2) is 6.23. The van der Waals surface area contributed by atoms with Crippen molar-refractivity contribution in [1.29, 1.82) is 0 Å². The maximum absolute atomic E-state index is 5.85. The molecule has 0 unspecified atom stereocenters. The molecule has 2 nitrogen and oxygen atoms in total. The lowest BCUT2D eigenvalue weighted by Crippen LogP contribution is -2.04. The molecule has 0 fully saturated rings. The van der Waals surface area contributed by atoms with Gasteiger partial charge in [0.15, 0.2) is 0 Å². The van der Waals surface area contributed by atoms with E-state index < -0.39 is 0 Å². The number of pyridine rings is 1. The van der Waals surface area contributed by atoms with Gasteiger partial charge in [0.2, 0.25) is 0 Å². The lowest BCUT2D eigenvalue weighted by molar-refractivity contribution is 0.808. The predicted octanol–water partition coefficient (Wildman–Crippen LogP) is 4.05. The minimum Gasteiger partial charge on any atom is -0.324 e. The van der Waals surface area contributed by atoms with Crippen LogP contribution < -0.4 is 5.73 Å². The van der Waals surface area contributed by atoms with Gasteiger partial charge in [0, 0.05) is 23.0 Å². The zero-order chi connectivity index (χ0) is 13.0. The third-order valence-electron chi connectivity index (χ3n) is 2.58. The third-order valence-corrected chi connectivity index (χ3v) is 3.83. The van der Waals surface area contributed by atoms with Crippen LogP contribution in [0.1, 0.15) is 24.1 Å². The van der Waals surface area contributed by atoms with Crippen molar-refractivity contribution >= 4 is 23.4 Å². The van der Waals surface area contributed by atoms with Crippen molar-refractivity contribution in [2.24, 2.45) is 5.73 Å². The van der Waals surface area contributed by atoms with Crippen LogP contribution >= 0.6 is 23.4 Å². The van der Waals surface area contributed by atoms with Crippen molar-refractivity contribution in [2.75, 3.05) is 0 Å². The fraction of sp³-hybridized carbons (Fsp3) is 0.214. The summed E-state index contributed by atoms with van der Waals surface area (Å²) in [7, 11) is 0. The van der Waals surface area contributed by atoms with E-state index in [1.54, 1.807) is 11.8 Å². The molecule has 94 valence electrons. The van der Waals surface area contributed by atoms with Crippen LogP contribution in [0, 0.1) is 0 Å². The Balaban J connectivity index is 2.01. The van der Waals surface area contributed by atoms with Gasteiger partial charge in [0.1, 0.15) is 0 Å². The molecule has 2 rings (SSSR count). The summed E-state index contributed by atoms with van der Waals surface area (Å²) in [6.07, 6.45) is 1.81. The maximum atomic E-state index is 5.85. The largest absolute Gasteiger partial charge is 0.324 e. The van der Waals surface area contributed by atoms with Crippen molar-refractivity contribution in [3.8, 4) is 0 Å². The second-order valence-corrected chi connectivity index (χ2v) is 5.56. The van der Waals surface area contributed by atoms with E-state index in [4.69, 9.17) is 17.3 Å². The van der Waals surface area contributed by atoms with Crippen molar-refractivity contribution < 1.29 is 0 Å². The number of benzene rings is 1. The molecule has 2 N–H and O–H groups in total. The first kappa shape index (κ1) is 13.4. The van der Waals surface area contributed by atoms with E-state index in [2.05, 4.69) is 4.98 Å². The maximum Gasteiger partial charge on any atom is 0.0966 e. The molecule has 0 amide bonds. The second-order valence-electron chi connectivity index (χ2n) is 4.13. The molecule has 4 heteroatoms. The lowest BCUT2D eigenvalue weighted by Gasteiger charge is -2.07. The molecule has 0 spiro atoms. The first-order chi connectivity index (χ1) is 8.65. The number of nitrogens with two attached hydrogens (primary N) is 1. The lowest BCUT2D eigenvalue weighted by atomic mass is 10.1. The zero-order valence-electron chi connectivity index (χ0n) is 10.1. The number of thioether (sulfide) groups is 1. The van der Waals surface area contributed by atoms with Crippen LogP contribution in [0.5, 0.6) is 0 Å². The summed E-state index contributed by atoms with van der Waals surface area (Å²) in [6.45, 7) is 1.98. The quantitative estimate of drug-likeness (QED) is 0.858. The van der Waals surface area contributed by atoms with Crippen LogP contribution in [0.2, 0.25) is 5.02 Å². The monoisotopic (exact) mass is 278 g/mol. The number of aromatic nitrogens is 1. The summed E-state index contributed by atoms with van der Waals surface area (Å²) in [4.78, 5) is 4.34. The summed E-state index contributed by atoms with van der Waals surface area (Å²) in [5, 5.41) is 1.76. The van der Waals surface area contributed by atoms with Crippen LogP contribution in [-0.2, 0) is 5.75 Å². The summed E-state index contributed by atoms with van der Waals surface area (Å²) in [6, 6.07) is 11.9. The molecule has 1 aromatic carbocycles. The fourth-order valence-electron chi connectivity index (χ4n) is 1.52. The Morgan fingerprint density at radius 1 is 1.28 bits per heavy atom. The molecule has 0 bridgehead atoms. The van der Waals surface area contributed by atoms with Crippen LogP contribution in [0.3, 0.4) is 0 Å². The highest BCUT2D eigenvalue weighted by molar-refractivity contribution is 7.98. The summed E-state index contributed by atoms with van der Waals surface area (Å²) in [5.41, 5.74) is 8.20. The Morgan fingerprint density at radius 2 is 2.00 bits per heavy atom. The summed E-state index contributed by atoms with van der Waals surface area (Å²) < 4.78 is 0. The smallest absolute Gasteiger partial charge is 0.0966 e. The van der Waals surface area contributed by atoms with Crippen LogP contribution in [0.25, 0.3) is 0 Å². The van der Waals surface area contributed by atoms with E-state index in [0.717, 1.165) is 21.4 Å². The standard InChI is InChI=1S/C14H15ClN2S/c1-10(16)12-6-7-17-14(8-12)18-9-11-2-4-13(15)5-3-11/h2-8,10H,9,16H2,1H3/t10-/m0/s1. The number of hydrogen-bond donors (Lipinski definition) is 1. The van der Waals surface area contributed by atoms with E-state index in [1.165, 1.54) is 5.56 Å². The number of halogens is 1. The van der Waals surface area contributed by atoms with E-state index in [1.807, 2.05) is 49.5 Å². The van der Waals surface area contributed by atoms with Gasteiger partial charge in [-0.3, -0.25) is 0 Å². The highest BCUT2D eigenvalue weighted by atomic mass is 35.5. The highest BCUT2D eigenvalue weighted by Gasteiger charge is 2.02. The topological polar surface area (TPSA) is 38.9 Å². The van der Waals surface area contributed by atoms with Crippen molar-refractivity contribution in [3.05, 3.63) is 58.7 Å². The molecule has 1 atom stereocenters. The number of hydrogen-bond acceptors (Lipinski definition) is 3. The van der Waals surface area contributed by atoms with Gasteiger partial charge < -0.3 is 5.73 Å².